The van der Waals surface area contributed by atoms with Gasteiger partial charge in [-0.25, -0.2) is 8.78 Å². The summed E-state index contributed by atoms with van der Waals surface area (Å²) in [7, 11) is 1.51. The quantitative estimate of drug-likeness (QED) is 0.766. The van der Waals surface area contributed by atoms with E-state index < -0.39 is 17.5 Å². The number of carbonyl (C=O) groups is 1. The van der Waals surface area contributed by atoms with Crippen molar-refractivity contribution in [1.29, 1.82) is 5.26 Å². The predicted molar refractivity (Wildman–Crippen MR) is 49.7 cm³/mol. The summed E-state index contributed by atoms with van der Waals surface area (Å²) in [6.07, 6.45) is -1.31. The highest BCUT2D eigenvalue weighted by atomic mass is 19.3. The van der Waals surface area contributed by atoms with E-state index in [1.54, 1.807) is 0 Å². The minimum Gasteiger partial charge on any atom is -0.300 e. The first-order valence-corrected chi connectivity index (χ1v) is 4.73. The van der Waals surface area contributed by atoms with Crippen LogP contribution in [0.1, 0.15) is 30.5 Å². The third-order valence-corrected chi connectivity index (χ3v) is 2.79. The average molecular weight is 225 g/mol. The van der Waals surface area contributed by atoms with Crippen molar-refractivity contribution in [2.45, 2.75) is 24.7 Å². The van der Waals surface area contributed by atoms with Crippen molar-refractivity contribution in [3.05, 3.63) is 17.5 Å². The number of Topliss-reactive ketones (excluding diaryl/α,β-unsaturated/α-hetero) is 1. The lowest BCUT2D eigenvalue weighted by atomic mass is 9.65. The third-order valence-electron chi connectivity index (χ3n) is 2.79. The Morgan fingerprint density at radius 3 is 2.69 bits per heavy atom. The summed E-state index contributed by atoms with van der Waals surface area (Å²) in [5.74, 6) is -0.0781. The number of rotatable bonds is 2. The van der Waals surface area contributed by atoms with Crippen LogP contribution in [0.15, 0.2) is 6.20 Å². The summed E-state index contributed by atoms with van der Waals surface area (Å²) in [6, 6.07) is 1.96. The van der Waals surface area contributed by atoms with Gasteiger partial charge in [0.25, 0.3) is 6.43 Å². The fourth-order valence-corrected chi connectivity index (χ4v) is 1.99. The van der Waals surface area contributed by atoms with Gasteiger partial charge in [0.2, 0.25) is 0 Å². The van der Waals surface area contributed by atoms with Crippen molar-refractivity contribution in [1.82, 2.24) is 9.78 Å². The van der Waals surface area contributed by atoms with Gasteiger partial charge in [-0.1, -0.05) is 0 Å². The number of hydrogen-bond donors (Lipinski definition) is 0. The SMILES string of the molecule is Cn1cc(C2(C#N)CC(=O)C2)c(C(F)F)n1. The van der Waals surface area contributed by atoms with Gasteiger partial charge in [0, 0.05) is 31.6 Å². The second-order valence-electron chi connectivity index (χ2n) is 3.99. The Balaban J connectivity index is 2.47. The number of aromatic nitrogens is 2. The molecule has 1 aliphatic carbocycles. The van der Waals surface area contributed by atoms with E-state index in [1.165, 1.54) is 17.9 Å². The molecule has 6 heteroatoms. The van der Waals surface area contributed by atoms with Crippen LogP contribution >= 0.6 is 0 Å². The van der Waals surface area contributed by atoms with Gasteiger partial charge in [-0.15, -0.1) is 0 Å². The summed E-state index contributed by atoms with van der Waals surface area (Å²) in [5.41, 5.74) is -1.29. The minimum atomic E-state index is -2.72. The number of alkyl halides is 2. The van der Waals surface area contributed by atoms with Crippen molar-refractivity contribution in [2.75, 3.05) is 0 Å². The standard InChI is InChI=1S/C10H9F2N3O/c1-15-4-7(8(14-15)9(11)12)10(5-13)2-6(16)3-10/h4,9H,2-3H2,1H3. The summed E-state index contributed by atoms with van der Waals surface area (Å²) >= 11 is 0. The number of ketones is 1. The lowest BCUT2D eigenvalue weighted by Gasteiger charge is -2.33. The van der Waals surface area contributed by atoms with E-state index in [0.29, 0.717) is 0 Å². The molecule has 0 radical (unpaired) electrons. The zero-order valence-electron chi connectivity index (χ0n) is 8.57. The van der Waals surface area contributed by atoms with Gasteiger partial charge < -0.3 is 0 Å². The van der Waals surface area contributed by atoms with Crippen LogP contribution in [0.25, 0.3) is 0 Å². The Hall–Kier alpha value is -1.77. The van der Waals surface area contributed by atoms with Crippen LogP contribution in [-0.2, 0) is 17.3 Å². The van der Waals surface area contributed by atoms with Gasteiger partial charge in [0.1, 0.15) is 11.5 Å². The monoisotopic (exact) mass is 225 g/mol. The van der Waals surface area contributed by atoms with Crippen molar-refractivity contribution in [2.24, 2.45) is 7.05 Å². The normalized spacial score (nSPS) is 18.3. The number of hydrogen-bond acceptors (Lipinski definition) is 3. The highest BCUT2D eigenvalue weighted by Gasteiger charge is 2.48. The molecule has 0 unspecified atom stereocenters. The van der Waals surface area contributed by atoms with E-state index >= 15 is 0 Å². The van der Waals surface area contributed by atoms with Gasteiger partial charge in [-0.3, -0.25) is 9.48 Å². The summed E-state index contributed by atoms with van der Waals surface area (Å²) in [5, 5.41) is 12.7. The smallest absolute Gasteiger partial charge is 0.282 e. The van der Waals surface area contributed by atoms with E-state index in [9.17, 15) is 13.6 Å². The highest BCUT2D eigenvalue weighted by molar-refractivity contribution is 5.90. The fourth-order valence-electron chi connectivity index (χ4n) is 1.99. The Bertz CT molecular complexity index is 479. The molecule has 84 valence electrons. The lowest BCUT2D eigenvalue weighted by Crippen LogP contribution is -2.40. The summed E-state index contributed by atoms with van der Waals surface area (Å²) < 4.78 is 26.6. The van der Waals surface area contributed by atoms with Crippen molar-refractivity contribution in [3.63, 3.8) is 0 Å². The van der Waals surface area contributed by atoms with E-state index in [1.807, 2.05) is 6.07 Å². The van der Waals surface area contributed by atoms with E-state index in [-0.39, 0.29) is 24.2 Å². The molecule has 0 saturated heterocycles. The van der Waals surface area contributed by atoms with Crippen LogP contribution in [-0.4, -0.2) is 15.6 Å². The predicted octanol–water partition coefficient (Wildman–Crippen LogP) is 1.48. The Kier molecular flexibility index (Phi) is 2.26. The number of nitrogens with zero attached hydrogens (tertiary/aromatic N) is 3. The molecule has 0 N–H and O–H groups in total. The van der Waals surface area contributed by atoms with E-state index in [2.05, 4.69) is 5.10 Å². The maximum atomic E-state index is 12.7. The Labute approximate surface area is 90.5 Å². The van der Waals surface area contributed by atoms with Gasteiger partial charge in [0.15, 0.2) is 0 Å². The largest absolute Gasteiger partial charge is 0.300 e. The highest BCUT2D eigenvalue weighted by Crippen LogP contribution is 2.43. The molecule has 0 atom stereocenters. The topological polar surface area (TPSA) is 58.7 Å². The molecule has 0 amide bonds. The molecule has 4 nitrogen and oxygen atoms in total. The van der Waals surface area contributed by atoms with Gasteiger partial charge in [0.05, 0.1) is 11.5 Å². The van der Waals surface area contributed by atoms with Gasteiger partial charge >= 0.3 is 0 Å². The molecule has 0 aromatic carbocycles. The molecule has 1 aromatic rings. The molecule has 16 heavy (non-hydrogen) atoms. The van der Waals surface area contributed by atoms with E-state index in [4.69, 9.17) is 5.26 Å². The maximum absolute atomic E-state index is 12.7. The molecule has 1 heterocycles. The van der Waals surface area contributed by atoms with Gasteiger partial charge in [-0.2, -0.15) is 10.4 Å². The molecule has 0 aliphatic heterocycles. The minimum absolute atomic E-state index is 0.00884. The molecule has 0 spiro atoms. The molecule has 1 fully saturated rings. The number of nitriles is 1. The van der Waals surface area contributed by atoms with Crippen LogP contribution in [0.3, 0.4) is 0 Å². The lowest BCUT2D eigenvalue weighted by molar-refractivity contribution is -0.126. The summed E-state index contributed by atoms with van der Waals surface area (Å²) in [4.78, 5) is 11.0. The molecule has 2 rings (SSSR count). The van der Waals surface area contributed by atoms with Crippen LogP contribution in [0.5, 0.6) is 0 Å². The molecule has 1 aliphatic rings. The fraction of sp³-hybridized carbons (Fsp3) is 0.500. The van der Waals surface area contributed by atoms with E-state index in [0.717, 1.165) is 0 Å². The molecule has 0 bridgehead atoms. The van der Waals surface area contributed by atoms with Crippen molar-refractivity contribution in [3.8, 4) is 6.07 Å². The zero-order chi connectivity index (χ0) is 11.9. The Morgan fingerprint density at radius 2 is 2.25 bits per heavy atom. The van der Waals surface area contributed by atoms with Crippen LogP contribution in [0.4, 0.5) is 8.78 Å². The molecule has 1 saturated carbocycles. The second-order valence-corrected chi connectivity index (χ2v) is 3.99. The average Bonchev–Trinajstić information content (AvgIpc) is 2.55. The molecular weight excluding hydrogens is 216 g/mol. The third kappa shape index (κ3) is 1.40. The first-order chi connectivity index (χ1) is 7.48. The van der Waals surface area contributed by atoms with Crippen molar-refractivity contribution >= 4 is 5.78 Å². The number of halogens is 2. The van der Waals surface area contributed by atoms with Crippen molar-refractivity contribution < 1.29 is 13.6 Å². The molecular formula is C10H9F2N3O. The zero-order valence-corrected chi connectivity index (χ0v) is 8.57. The van der Waals surface area contributed by atoms with Crippen LogP contribution in [0.2, 0.25) is 0 Å². The van der Waals surface area contributed by atoms with Crippen LogP contribution in [0, 0.1) is 11.3 Å². The maximum Gasteiger partial charge on any atom is 0.282 e. The van der Waals surface area contributed by atoms with Crippen LogP contribution < -0.4 is 0 Å². The number of carbonyl (C=O) groups excluding carboxylic acids is 1. The second kappa shape index (κ2) is 3.37. The number of aryl methyl sites for hydroxylation is 1. The van der Waals surface area contributed by atoms with Gasteiger partial charge in [-0.05, 0) is 0 Å². The first-order valence-electron chi connectivity index (χ1n) is 4.73. The Morgan fingerprint density at radius 1 is 1.62 bits per heavy atom. The summed E-state index contributed by atoms with van der Waals surface area (Å²) in [6.45, 7) is 0. The first kappa shape index (κ1) is 10.7. The molecule has 1 aromatic heterocycles.